The third-order valence-corrected chi connectivity index (χ3v) is 1.42. The molecule has 50 valence electrons. The average molecular weight is 191 g/mol. The normalized spacial score (nSPS) is 13.7. The van der Waals surface area contributed by atoms with Gasteiger partial charge in [0.15, 0.2) is 0 Å². The maximum atomic E-state index is 8.92. The van der Waals surface area contributed by atoms with Crippen molar-refractivity contribution in [3.8, 4) is 0 Å². The molecule has 1 N–H and O–H groups in total. The smallest absolute Gasteiger partial charge is 0.133 e. The summed E-state index contributed by atoms with van der Waals surface area (Å²) in [6.45, 7) is 1.66. The van der Waals surface area contributed by atoms with Gasteiger partial charge in [0, 0.05) is 0 Å². The van der Waals surface area contributed by atoms with Gasteiger partial charge in [0.2, 0.25) is 0 Å². The van der Waals surface area contributed by atoms with Crippen LogP contribution in [0.1, 0.15) is 18.8 Å². The third kappa shape index (κ3) is 1.56. The molecule has 0 saturated heterocycles. The van der Waals surface area contributed by atoms with E-state index in [1.54, 1.807) is 19.3 Å². The number of rotatable bonds is 1. The molecule has 0 fully saturated rings. The van der Waals surface area contributed by atoms with Gasteiger partial charge in [0.25, 0.3) is 0 Å². The lowest BCUT2D eigenvalue weighted by molar-refractivity contribution is 0.169. The Morgan fingerprint density at radius 2 is 2.44 bits per heavy atom. The molecule has 0 amide bonds. The summed E-state index contributed by atoms with van der Waals surface area (Å²) in [4.78, 5) is 0. The molecule has 0 bridgehead atoms. The van der Waals surface area contributed by atoms with Crippen molar-refractivity contribution in [1.29, 1.82) is 0 Å². The lowest BCUT2D eigenvalue weighted by Gasteiger charge is -1.94. The summed E-state index contributed by atoms with van der Waals surface area (Å²) in [5.74, 6) is 0.585. The Morgan fingerprint density at radius 1 is 1.78 bits per heavy atom. The van der Waals surface area contributed by atoms with Gasteiger partial charge in [-0.2, -0.15) is 0 Å². The first kappa shape index (κ1) is 6.83. The third-order valence-electron chi connectivity index (χ3n) is 0.999. The molecule has 9 heavy (non-hydrogen) atoms. The number of aliphatic hydroxyl groups excluding tert-OH is 1. The van der Waals surface area contributed by atoms with Crippen molar-refractivity contribution in [3.63, 3.8) is 0 Å². The monoisotopic (exact) mass is 190 g/mol. The molecule has 0 aromatic carbocycles. The largest absolute Gasteiger partial charge is 0.465 e. The molecule has 1 heterocycles. The molecule has 1 aromatic rings. The van der Waals surface area contributed by atoms with Crippen LogP contribution in [0.5, 0.6) is 0 Å². The second-order valence-corrected chi connectivity index (χ2v) is 2.76. The first-order valence-corrected chi connectivity index (χ1v) is 3.41. The Kier molecular flexibility index (Phi) is 1.93. The fraction of sp³-hybridized carbons (Fsp3) is 0.333. The van der Waals surface area contributed by atoms with Crippen molar-refractivity contribution in [2.24, 2.45) is 0 Å². The molecule has 0 radical (unpaired) electrons. The molecule has 1 rings (SSSR count). The van der Waals surface area contributed by atoms with Crippen molar-refractivity contribution in [1.82, 2.24) is 0 Å². The van der Waals surface area contributed by atoms with E-state index in [0.29, 0.717) is 5.76 Å². The number of hydrogen-bond donors (Lipinski definition) is 1. The molecule has 0 aliphatic rings. The van der Waals surface area contributed by atoms with Gasteiger partial charge in [-0.15, -0.1) is 0 Å². The zero-order valence-corrected chi connectivity index (χ0v) is 6.55. The predicted molar refractivity (Wildman–Crippen MR) is 37.0 cm³/mol. The van der Waals surface area contributed by atoms with E-state index in [1.807, 2.05) is 0 Å². The van der Waals surface area contributed by atoms with Crippen molar-refractivity contribution < 1.29 is 9.52 Å². The Balaban J connectivity index is 2.85. The van der Waals surface area contributed by atoms with Gasteiger partial charge in [-0.05, 0) is 28.9 Å². The minimum Gasteiger partial charge on any atom is -0.465 e. The number of aliphatic hydroxyl groups is 1. The Labute approximate surface area is 61.6 Å². The van der Waals surface area contributed by atoms with Crippen LogP contribution in [-0.4, -0.2) is 5.11 Å². The second kappa shape index (κ2) is 2.54. The van der Waals surface area contributed by atoms with Crippen molar-refractivity contribution in [2.45, 2.75) is 13.0 Å². The van der Waals surface area contributed by atoms with Gasteiger partial charge in [0.1, 0.15) is 18.1 Å². The highest BCUT2D eigenvalue weighted by Gasteiger charge is 2.03. The highest BCUT2D eigenvalue weighted by Crippen LogP contribution is 2.19. The Hall–Kier alpha value is -0.280. The van der Waals surface area contributed by atoms with E-state index in [1.165, 1.54) is 0 Å². The van der Waals surface area contributed by atoms with Gasteiger partial charge in [0.05, 0.1) is 4.47 Å². The van der Waals surface area contributed by atoms with E-state index in [0.717, 1.165) is 4.47 Å². The van der Waals surface area contributed by atoms with Gasteiger partial charge in [-0.25, -0.2) is 0 Å². The van der Waals surface area contributed by atoms with Crippen molar-refractivity contribution >= 4 is 15.9 Å². The van der Waals surface area contributed by atoms with Gasteiger partial charge >= 0.3 is 0 Å². The van der Waals surface area contributed by atoms with Crippen LogP contribution >= 0.6 is 15.9 Å². The fourth-order valence-electron chi connectivity index (χ4n) is 0.547. The standard InChI is InChI=1S/C6H7BrO2/c1-4(8)6-2-5(7)3-9-6/h2-4,8H,1H3/t4-/m1/s1. The van der Waals surface area contributed by atoms with E-state index in [2.05, 4.69) is 15.9 Å². The molecule has 2 nitrogen and oxygen atoms in total. The highest BCUT2D eigenvalue weighted by molar-refractivity contribution is 9.10. The van der Waals surface area contributed by atoms with Gasteiger partial charge in [-0.1, -0.05) is 0 Å². The molecule has 3 heteroatoms. The van der Waals surface area contributed by atoms with Crippen LogP contribution in [0.15, 0.2) is 21.2 Å². The van der Waals surface area contributed by atoms with E-state index in [9.17, 15) is 0 Å². The zero-order chi connectivity index (χ0) is 6.85. The summed E-state index contributed by atoms with van der Waals surface area (Å²) in [5.41, 5.74) is 0. The van der Waals surface area contributed by atoms with Crippen LogP contribution in [0.2, 0.25) is 0 Å². The number of halogens is 1. The minimum absolute atomic E-state index is 0.517. The van der Waals surface area contributed by atoms with E-state index < -0.39 is 6.10 Å². The Morgan fingerprint density at radius 3 is 2.67 bits per heavy atom. The van der Waals surface area contributed by atoms with Crippen molar-refractivity contribution in [2.75, 3.05) is 0 Å². The molecule has 1 atom stereocenters. The van der Waals surface area contributed by atoms with Gasteiger partial charge in [-0.3, -0.25) is 0 Å². The predicted octanol–water partition coefficient (Wildman–Crippen LogP) is 2.10. The molecule has 1 aromatic heterocycles. The summed E-state index contributed by atoms with van der Waals surface area (Å²) in [6, 6.07) is 1.74. The first-order chi connectivity index (χ1) is 4.20. The van der Waals surface area contributed by atoms with E-state index in [4.69, 9.17) is 9.52 Å². The molecule has 0 saturated carbocycles. The maximum absolute atomic E-state index is 8.92. The summed E-state index contributed by atoms with van der Waals surface area (Å²) < 4.78 is 5.79. The molecule has 0 spiro atoms. The van der Waals surface area contributed by atoms with E-state index in [-0.39, 0.29) is 0 Å². The summed E-state index contributed by atoms with van der Waals surface area (Å²) in [7, 11) is 0. The molecule has 0 aliphatic heterocycles. The van der Waals surface area contributed by atoms with Crippen LogP contribution in [0.3, 0.4) is 0 Å². The van der Waals surface area contributed by atoms with Crippen LogP contribution in [0.4, 0.5) is 0 Å². The maximum Gasteiger partial charge on any atom is 0.133 e. The second-order valence-electron chi connectivity index (χ2n) is 1.84. The van der Waals surface area contributed by atoms with Crippen LogP contribution in [0.25, 0.3) is 0 Å². The number of furan rings is 1. The zero-order valence-electron chi connectivity index (χ0n) is 4.97. The summed E-state index contributed by atoms with van der Waals surface area (Å²) in [5, 5.41) is 8.92. The molecule has 0 unspecified atom stereocenters. The molecular weight excluding hydrogens is 184 g/mol. The van der Waals surface area contributed by atoms with Gasteiger partial charge < -0.3 is 9.52 Å². The molecule has 0 aliphatic carbocycles. The first-order valence-electron chi connectivity index (χ1n) is 2.62. The SMILES string of the molecule is C[C@@H](O)c1cc(Br)co1. The summed E-state index contributed by atoms with van der Waals surface area (Å²) in [6.07, 6.45) is 1.03. The highest BCUT2D eigenvalue weighted by atomic mass is 79.9. The fourth-order valence-corrected chi connectivity index (χ4v) is 0.866. The quantitative estimate of drug-likeness (QED) is 0.737. The van der Waals surface area contributed by atoms with E-state index >= 15 is 0 Å². The van der Waals surface area contributed by atoms with Crippen LogP contribution in [-0.2, 0) is 0 Å². The lowest BCUT2D eigenvalue weighted by Crippen LogP contribution is -1.84. The Bertz CT molecular complexity index is 193. The lowest BCUT2D eigenvalue weighted by atomic mass is 10.3. The van der Waals surface area contributed by atoms with Crippen molar-refractivity contribution in [3.05, 3.63) is 22.6 Å². The average Bonchev–Trinajstić information content (AvgIpc) is 2.14. The summed E-state index contributed by atoms with van der Waals surface area (Å²) >= 11 is 3.20. The van der Waals surface area contributed by atoms with Crippen LogP contribution < -0.4 is 0 Å². The topological polar surface area (TPSA) is 33.4 Å². The van der Waals surface area contributed by atoms with Crippen LogP contribution in [0, 0.1) is 0 Å². The number of hydrogen-bond acceptors (Lipinski definition) is 2. The minimum atomic E-state index is -0.517. The molecular formula is C6H7BrO2.